The maximum atomic E-state index is 12.2. The van der Waals surface area contributed by atoms with Gasteiger partial charge in [0.15, 0.2) is 9.84 Å². The second kappa shape index (κ2) is 6.69. The number of carbonyl (C=O) groups is 1. The molecule has 4 nitrogen and oxygen atoms in total. The largest absolute Gasteiger partial charge is 0.348 e. The molecule has 0 heterocycles. The van der Waals surface area contributed by atoms with Crippen LogP contribution >= 0.6 is 23.2 Å². The third-order valence-electron chi connectivity index (χ3n) is 2.98. The van der Waals surface area contributed by atoms with Crippen LogP contribution in [0.1, 0.15) is 15.9 Å². The summed E-state index contributed by atoms with van der Waals surface area (Å²) in [5.41, 5.74) is 0.992. The van der Waals surface area contributed by atoms with E-state index in [0.29, 0.717) is 5.02 Å². The van der Waals surface area contributed by atoms with Crippen LogP contribution in [0.15, 0.2) is 47.4 Å². The van der Waals surface area contributed by atoms with Crippen molar-refractivity contribution in [1.82, 2.24) is 5.32 Å². The van der Waals surface area contributed by atoms with E-state index in [2.05, 4.69) is 5.32 Å². The van der Waals surface area contributed by atoms with Crippen LogP contribution in [0.25, 0.3) is 0 Å². The molecule has 0 atom stereocenters. The van der Waals surface area contributed by atoms with Crippen molar-refractivity contribution in [3.8, 4) is 0 Å². The van der Waals surface area contributed by atoms with Gasteiger partial charge in [0, 0.05) is 17.8 Å². The van der Waals surface area contributed by atoms with E-state index in [1.54, 1.807) is 24.3 Å². The molecular weight excluding hydrogens is 345 g/mol. The third-order valence-corrected chi connectivity index (χ3v) is 4.67. The molecule has 0 saturated carbocycles. The van der Waals surface area contributed by atoms with Gasteiger partial charge >= 0.3 is 0 Å². The monoisotopic (exact) mass is 357 g/mol. The Kier molecular flexibility index (Phi) is 5.11. The molecule has 0 aliphatic heterocycles. The predicted molar refractivity (Wildman–Crippen MR) is 87.2 cm³/mol. The van der Waals surface area contributed by atoms with Gasteiger partial charge in [0.25, 0.3) is 5.91 Å². The van der Waals surface area contributed by atoms with Crippen LogP contribution in [0.2, 0.25) is 10.0 Å². The number of amides is 1. The van der Waals surface area contributed by atoms with Crippen molar-refractivity contribution in [2.75, 3.05) is 6.26 Å². The summed E-state index contributed by atoms with van der Waals surface area (Å²) in [6, 6.07) is 11.1. The van der Waals surface area contributed by atoms with Crippen LogP contribution in [-0.4, -0.2) is 20.6 Å². The second-order valence-electron chi connectivity index (χ2n) is 4.72. The summed E-state index contributed by atoms with van der Waals surface area (Å²) >= 11 is 11.8. The number of benzene rings is 2. The highest BCUT2D eigenvalue weighted by molar-refractivity contribution is 7.90. The summed E-state index contributed by atoms with van der Waals surface area (Å²) < 4.78 is 23.1. The topological polar surface area (TPSA) is 63.2 Å². The number of hydrogen-bond donors (Lipinski definition) is 1. The maximum absolute atomic E-state index is 12.2. The van der Waals surface area contributed by atoms with Crippen LogP contribution in [0.3, 0.4) is 0 Å². The van der Waals surface area contributed by atoms with Gasteiger partial charge in [0.1, 0.15) is 0 Å². The maximum Gasteiger partial charge on any atom is 0.253 e. The normalized spacial score (nSPS) is 11.2. The molecule has 0 saturated heterocycles. The summed E-state index contributed by atoms with van der Waals surface area (Å²) in [6.45, 7) is 0.287. The number of halogens is 2. The lowest BCUT2D eigenvalue weighted by molar-refractivity contribution is 0.0951. The van der Waals surface area contributed by atoms with Gasteiger partial charge in [-0.2, -0.15) is 0 Å². The lowest BCUT2D eigenvalue weighted by Crippen LogP contribution is -2.23. The van der Waals surface area contributed by atoms with E-state index in [1.165, 1.54) is 18.2 Å². The molecular formula is C15H13Cl2NO3S. The van der Waals surface area contributed by atoms with Crippen molar-refractivity contribution >= 4 is 38.9 Å². The molecule has 1 N–H and O–H groups in total. The number of sulfone groups is 1. The highest BCUT2D eigenvalue weighted by Crippen LogP contribution is 2.20. The molecule has 0 bridgehead atoms. The first-order chi connectivity index (χ1) is 10.3. The fourth-order valence-corrected chi connectivity index (χ4v) is 2.77. The van der Waals surface area contributed by atoms with Gasteiger partial charge in [-0.05, 0) is 35.9 Å². The van der Waals surface area contributed by atoms with Crippen molar-refractivity contribution in [3.63, 3.8) is 0 Å². The number of rotatable bonds is 4. The van der Waals surface area contributed by atoms with Crippen LogP contribution in [-0.2, 0) is 16.4 Å². The fourth-order valence-electron chi connectivity index (χ4n) is 1.79. The van der Waals surface area contributed by atoms with E-state index >= 15 is 0 Å². The Labute approximate surface area is 139 Å². The molecule has 0 aromatic heterocycles. The van der Waals surface area contributed by atoms with E-state index in [-0.39, 0.29) is 22.0 Å². The van der Waals surface area contributed by atoms with Crippen molar-refractivity contribution in [1.29, 1.82) is 0 Å². The smallest absolute Gasteiger partial charge is 0.253 e. The van der Waals surface area contributed by atoms with Crippen LogP contribution < -0.4 is 5.32 Å². The van der Waals surface area contributed by atoms with Gasteiger partial charge in [-0.3, -0.25) is 4.79 Å². The van der Waals surface area contributed by atoms with E-state index in [0.717, 1.165) is 11.8 Å². The third kappa shape index (κ3) is 4.22. The first-order valence-electron chi connectivity index (χ1n) is 6.29. The Morgan fingerprint density at radius 3 is 2.32 bits per heavy atom. The fraction of sp³-hybridized carbons (Fsp3) is 0.133. The lowest BCUT2D eigenvalue weighted by Gasteiger charge is -2.08. The molecule has 2 rings (SSSR count). The minimum atomic E-state index is -3.40. The summed E-state index contributed by atoms with van der Waals surface area (Å²) in [5, 5.41) is 3.50. The van der Waals surface area contributed by atoms with E-state index in [4.69, 9.17) is 23.2 Å². The number of carbonyl (C=O) groups excluding carboxylic acids is 1. The van der Waals surface area contributed by atoms with Gasteiger partial charge in [-0.15, -0.1) is 0 Å². The average Bonchev–Trinajstić information content (AvgIpc) is 2.45. The number of hydrogen-bond acceptors (Lipinski definition) is 3. The first kappa shape index (κ1) is 16.8. The van der Waals surface area contributed by atoms with Crippen molar-refractivity contribution in [2.45, 2.75) is 11.4 Å². The molecule has 2 aromatic rings. The Morgan fingerprint density at radius 1 is 1.09 bits per heavy atom. The average molecular weight is 358 g/mol. The minimum absolute atomic E-state index is 0.0496. The molecule has 116 valence electrons. The van der Waals surface area contributed by atoms with Crippen LogP contribution in [0, 0.1) is 0 Å². The molecule has 7 heteroatoms. The standard InChI is InChI=1S/C15H13Cl2NO3S/c1-22(20,21)12-6-7-14(17)13(8-12)15(19)18-9-10-2-4-11(16)5-3-10/h2-8H,9H2,1H3,(H,18,19). The van der Waals surface area contributed by atoms with E-state index < -0.39 is 15.7 Å². The Morgan fingerprint density at radius 2 is 1.73 bits per heavy atom. The van der Waals surface area contributed by atoms with Crippen molar-refractivity contribution in [3.05, 3.63) is 63.6 Å². The lowest BCUT2D eigenvalue weighted by atomic mass is 10.2. The summed E-state index contributed by atoms with van der Waals surface area (Å²) in [4.78, 5) is 12.2. The van der Waals surface area contributed by atoms with E-state index in [9.17, 15) is 13.2 Å². The highest BCUT2D eigenvalue weighted by atomic mass is 35.5. The molecule has 0 unspecified atom stereocenters. The van der Waals surface area contributed by atoms with E-state index in [1.807, 2.05) is 0 Å². The van der Waals surface area contributed by atoms with Crippen molar-refractivity contribution in [2.24, 2.45) is 0 Å². The molecule has 2 aromatic carbocycles. The zero-order valence-electron chi connectivity index (χ0n) is 11.6. The molecule has 0 aliphatic carbocycles. The number of nitrogens with one attached hydrogen (secondary N) is 1. The predicted octanol–water partition coefficient (Wildman–Crippen LogP) is 3.33. The van der Waals surface area contributed by atoms with Gasteiger partial charge in [-0.1, -0.05) is 35.3 Å². The molecule has 0 radical (unpaired) electrons. The zero-order valence-corrected chi connectivity index (χ0v) is 14.0. The zero-order chi connectivity index (χ0) is 16.3. The minimum Gasteiger partial charge on any atom is -0.348 e. The molecule has 0 spiro atoms. The van der Waals surface area contributed by atoms with Gasteiger partial charge in [-0.25, -0.2) is 8.42 Å². The Balaban J connectivity index is 2.17. The van der Waals surface area contributed by atoms with Gasteiger partial charge in [0.05, 0.1) is 15.5 Å². The Hall–Kier alpha value is -1.56. The van der Waals surface area contributed by atoms with Gasteiger partial charge in [0.2, 0.25) is 0 Å². The molecule has 1 amide bonds. The molecule has 22 heavy (non-hydrogen) atoms. The van der Waals surface area contributed by atoms with Crippen LogP contribution in [0.4, 0.5) is 0 Å². The van der Waals surface area contributed by atoms with Gasteiger partial charge < -0.3 is 5.32 Å². The quantitative estimate of drug-likeness (QED) is 0.912. The Bertz CT molecular complexity index is 802. The summed E-state index contributed by atoms with van der Waals surface area (Å²) in [5.74, 6) is -0.439. The summed E-state index contributed by atoms with van der Waals surface area (Å²) in [6.07, 6.45) is 1.08. The molecule has 0 fully saturated rings. The first-order valence-corrected chi connectivity index (χ1v) is 8.94. The summed E-state index contributed by atoms with van der Waals surface area (Å²) in [7, 11) is -3.40. The van der Waals surface area contributed by atoms with Crippen molar-refractivity contribution < 1.29 is 13.2 Å². The van der Waals surface area contributed by atoms with Crippen LogP contribution in [0.5, 0.6) is 0 Å². The highest BCUT2D eigenvalue weighted by Gasteiger charge is 2.15. The SMILES string of the molecule is CS(=O)(=O)c1ccc(Cl)c(C(=O)NCc2ccc(Cl)cc2)c1. The molecule has 0 aliphatic rings. The second-order valence-corrected chi connectivity index (χ2v) is 7.58.